The van der Waals surface area contributed by atoms with Crippen LogP contribution in [0.2, 0.25) is 0 Å². The lowest BCUT2D eigenvalue weighted by molar-refractivity contribution is 0.125. The summed E-state index contributed by atoms with van der Waals surface area (Å²) in [7, 11) is 0. The molecule has 1 aromatic carbocycles. The van der Waals surface area contributed by atoms with Crippen LogP contribution in [0.25, 0.3) is 0 Å². The van der Waals surface area contributed by atoms with E-state index in [2.05, 4.69) is 18.5 Å². The van der Waals surface area contributed by atoms with E-state index in [1.807, 2.05) is 35.2 Å². The highest BCUT2D eigenvalue weighted by Crippen LogP contribution is 2.27. The fourth-order valence-electron chi connectivity index (χ4n) is 3.14. The van der Waals surface area contributed by atoms with Gasteiger partial charge in [-0.2, -0.15) is 11.8 Å². The van der Waals surface area contributed by atoms with E-state index in [1.54, 1.807) is 11.8 Å². The van der Waals surface area contributed by atoms with Crippen LogP contribution < -0.4 is 5.32 Å². The molecule has 3 atom stereocenters. The molecule has 0 radical (unpaired) electrons. The predicted octanol–water partition coefficient (Wildman–Crippen LogP) is 3.43. The first-order valence-electron chi connectivity index (χ1n) is 8.44. The molecule has 128 valence electrons. The first-order chi connectivity index (χ1) is 11.2. The number of carbonyl (C=O) groups excluding carboxylic acids is 1. The van der Waals surface area contributed by atoms with Gasteiger partial charge in [-0.1, -0.05) is 37.3 Å². The minimum Gasteiger partial charge on any atom is -0.388 e. The third-order valence-electron chi connectivity index (χ3n) is 4.51. The molecule has 2 amide bonds. The number of nitrogens with one attached hydrogen (secondary N) is 1. The monoisotopic (exact) mass is 336 g/mol. The average molecular weight is 337 g/mol. The number of rotatable bonds is 7. The zero-order chi connectivity index (χ0) is 16.7. The number of hydrogen-bond donors (Lipinski definition) is 2. The molecule has 0 aliphatic carbocycles. The molecular formula is C18H28N2O2S. The van der Waals surface area contributed by atoms with Crippen LogP contribution in [-0.2, 0) is 0 Å². The van der Waals surface area contributed by atoms with Gasteiger partial charge in [-0.15, -0.1) is 0 Å². The van der Waals surface area contributed by atoms with Gasteiger partial charge in [0.2, 0.25) is 0 Å². The van der Waals surface area contributed by atoms with Crippen molar-refractivity contribution in [2.45, 2.75) is 50.8 Å². The molecule has 2 N–H and O–H groups in total. The summed E-state index contributed by atoms with van der Waals surface area (Å²) in [6.07, 6.45) is 5.08. The second-order valence-electron chi connectivity index (χ2n) is 6.16. The number of urea groups is 1. The topological polar surface area (TPSA) is 52.6 Å². The quantitative estimate of drug-likeness (QED) is 0.802. The second kappa shape index (κ2) is 9.18. The van der Waals surface area contributed by atoms with Crippen LogP contribution in [0.5, 0.6) is 0 Å². The first-order valence-corrected chi connectivity index (χ1v) is 9.84. The Morgan fingerprint density at radius 2 is 2.17 bits per heavy atom. The first kappa shape index (κ1) is 18.1. The number of amides is 2. The molecule has 0 aromatic heterocycles. The fraction of sp³-hybridized carbons (Fsp3) is 0.611. The third kappa shape index (κ3) is 5.15. The van der Waals surface area contributed by atoms with E-state index in [0.29, 0.717) is 6.42 Å². The van der Waals surface area contributed by atoms with Crippen molar-refractivity contribution in [1.29, 1.82) is 0 Å². The smallest absolute Gasteiger partial charge is 0.317 e. The van der Waals surface area contributed by atoms with Crippen molar-refractivity contribution in [3.8, 4) is 0 Å². The van der Waals surface area contributed by atoms with E-state index in [0.717, 1.165) is 37.1 Å². The molecule has 0 bridgehead atoms. The highest BCUT2D eigenvalue weighted by Gasteiger charge is 2.31. The predicted molar refractivity (Wildman–Crippen MR) is 96.7 cm³/mol. The van der Waals surface area contributed by atoms with Crippen LogP contribution in [0.1, 0.15) is 44.3 Å². The minimum absolute atomic E-state index is 0.0219. The molecule has 2 rings (SSSR count). The van der Waals surface area contributed by atoms with Crippen molar-refractivity contribution in [1.82, 2.24) is 10.2 Å². The highest BCUT2D eigenvalue weighted by atomic mass is 32.2. The van der Waals surface area contributed by atoms with Crippen molar-refractivity contribution in [2.75, 3.05) is 18.6 Å². The molecule has 4 nitrogen and oxygen atoms in total. The molecule has 3 unspecified atom stereocenters. The minimum atomic E-state index is -0.511. The summed E-state index contributed by atoms with van der Waals surface area (Å²) in [4.78, 5) is 14.5. The van der Waals surface area contributed by atoms with Crippen LogP contribution in [-0.4, -0.2) is 46.7 Å². The van der Waals surface area contributed by atoms with E-state index in [9.17, 15) is 9.90 Å². The summed E-state index contributed by atoms with van der Waals surface area (Å²) in [5.41, 5.74) is 0.925. The number of hydrogen-bond acceptors (Lipinski definition) is 3. The Kier molecular flexibility index (Phi) is 7.24. The summed E-state index contributed by atoms with van der Waals surface area (Å²) in [5, 5.41) is 13.6. The number of benzene rings is 1. The van der Waals surface area contributed by atoms with Gasteiger partial charge in [0, 0.05) is 24.4 Å². The van der Waals surface area contributed by atoms with E-state index in [1.165, 1.54) is 0 Å². The molecule has 1 saturated heterocycles. The standard InChI is InChI=1S/C18H28N2O2S/c1-3-15(13-23-2)19-18(22)20-11-7-10-16(20)12-17(21)14-8-5-4-6-9-14/h4-6,8-9,15-17,21H,3,7,10-13H2,1-2H3,(H,19,22). The molecule has 23 heavy (non-hydrogen) atoms. The van der Waals surface area contributed by atoms with Crippen LogP contribution >= 0.6 is 11.8 Å². The van der Waals surface area contributed by atoms with Crippen molar-refractivity contribution < 1.29 is 9.90 Å². The molecule has 1 aromatic rings. The SMILES string of the molecule is CCC(CSC)NC(=O)N1CCCC1CC(O)c1ccccc1. The Hall–Kier alpha value is -1.20. The summed E-state index contributed by atoms with van der Waals surface area (Å²) in [6.45, 7) is 2.88. The number of carbonyl (C=O) groups is 1. The van der Waals surface area contributed by atoms with Gasteiger partial charge in [-0.3, -0.25) is 0 Å². The lowest BCUT2D eigenvalue weighted by atomic mass is 10.0. The largest absolute Gasteiger partial charge is 0.388 e. The van der Waals surface area contributed by atoms with Gasteiger partial charge in [0.25, 0.3) is 0 Å². The second-order valence-corrected chi connectivity index (χ2v) is 7.07. The van der Waals surface area contributed by atoms with E-state index >= 15 is 0 Å². The Morgan fingerprint density at radius 1 is 1.43 bits per heavy atom. The van der Waals surface area contributed by atoms with Gasteiger partial charge < -0.3 is 15.3 Å². The molecule has 1 heterocycles. The maximum absolute atomic E-state index is 12.5. The van der Waals surface area contributed by atoms with E-state index in [-0.39, 0.29) is 18.1 Å². The summed E-state index contributed by atoms with van der Waals surface area (Å²) < 4.78 is 0. The number of likely N-dealkylation sites (tertiary alicyclic amines) is 1. The average Bonchev–Trinajstić information content (AvgIpc) is 3.03. The molecule has 5 heteroatoms. The number of nitrogens with zero attached hydrogens (tertiary/aromatic N) is 1. The van der Waals surface area contributed by atoms with Gasteiger partial charge in [0.15, 0.2) is 0 Å². The maximum Gasteiger partial charge on any atom is 0.317 e. The maximum atomic E-state index is 12.5. The van der Waals surface area contributed by atoms with Gasteiger partial charge in [-0.25, -0.2) is 4.79 Å². The van der Waals surface area contributed by atoms with Gasteiger partial charge in [0.1, 0.15) is 0 Å². The summed E-state index contributed by atoms with van der Waals surface area (Å²) in [6, 6.07) is 10.1. The van der Waals surface area contributed by atoms with Crippen LogP contribution in [0.4, 0.5) is 4.79 Å². The third-order valence-corrected chi connectivity index (χ3v) is 5.24. The van der Waals surface area contributed by atoms with Crippen LogP contribution in [0.3, 0.4) is 0 Å². The lowest BCUT2D eigenvalue weighted by Gasteiger charge is -2.29. The van der Waals surface area contributed by atoms with Gasteiger partial charge >= 0.3 is 6.03 Å². The molecule has 1 aliphatic heterocycles. The number of aliphatic hydroxyl groups is 1. The van der Waals surface area contributed by atoms with Gasteiger partial charge in [0.05, 0.1) is 6.10 Å². The zero-order valence-corrected chi connectivity index (χ0v) is 14.9. The molecule has 1 fully saturated rings. The molecule has 0 spiro atoms. The molecule has 0 saturated carbocycles. The Labute approximate surface area is 143 Å². The van der Waals surface area contributed by atoms with Crippen molar-refractivity contribution in [2.24, 2.45) is 0 Å². The van der Waals surface area contributed by atoms with E-state index < -0.39 is 6.10 Å². The van der Waals surface area contributed by atoms with E-state index in [4.69, 9.17) is 0 Å². The van der Waals surface area contributed by atoms with Crippen LogP contribution in [0, 0.1) is 0 Å². The molecular weight excluding hydrogens is 308 g/mol. The van der Waals surface area contributed by atoms with Crippen LogP contribution in [0.15, 0.2) is 30.3 Å². The Bertz CT molecular complexity index is 483. The number of aliphatic hydroxyl groups excluding tert-OH is 1. The van der Waals surface area contributed by atoms with Crippen molar-refractivity contribution in [3.63, 3.8) is 0 Å². The number of thioether (sulfide) groups is 1. The molecule has 1 aliphatic rings. The highest BCUT2D eigenvalue weighted by molar-refractivity contribution is 7.98. The van der Waals surface area contributed by atoms with Crippen molar-refractivity contribution >= 4 is 17.8 Å². The van der Waals surface area contributed by atoms with Gasteiger partial charge in [-0.05, 0) is 37.5 Å². The summed E-state index contributed by atoms with van der Waals surface area (Å²) >= 11 is 1.75. The Morgan fingerprint density at radius 3 is 2.83 bits per heavy atom. The lowest BCUT2D eigenvalue weighted by Crippen LogP contribution is -2.47. The fourth-order valence-corrected chi connectivity index (χ4v) is 3.86. The Balaban J connectivity index is 1.93. The zero-order valence-electron chi connectivity index (χ0n) is 14.1. The normalized spacial score (nSPS) is 20.3. The van der Waals surface area contributed by atoms with Crippen molar-refractivity contribution in [3.05, 3.63) is 35.9 Å². The summed E-state index contributed by atoms with van der Waals surface area (Å²) in [5.74, 6) is 0.938.